The molecule has 0 radical (unpaired) electrons. The molecule has 3 unspecified atom stereocenters. The van der Waals surface area contributed by atoms with Gasteiger partial charge in [-0.05, 0) is 18.6 Å². The molecule has 0 aromatic heterocycles. The highest BCUT2D eigenvalue weighted by Crippen LogP contribution is 2.34. The Labute approximate surface area is 201 Å². The van der Waals surface area contributed by atoms with Gasteiger partial charge in [0.2, 0.25) is 0 Å². The first-order valence-corrected chi connectivity index (χ1v) is 11.2. The normalized spacial score (nSPS) is 18.7. The van der Waals surface area contributed by atoms with Crippen LogP contribution in [0.2, 0.25) is 0 Å². The maximum atomic E-state index is 13.6. The first-order chi connectivity index (χ1) is 15.9. The standard InChI is InChI=1S/C25H32N2O5S/c1-5-9-27-16-17(33)13-20(27)23(26)24(28)18-14-21(30-10-6-2)22(31-11-7-3)15-19(18)25(29)32-12-8-4/h5-8,14-15,17,20,23,33H,1-4,9-13,16,26H2. The van der Waals surface area contributed by atoms with Crippen LogP contribution in [0.1, 0.15) is 27.1 Å². The number of esters is 1. The number of Topliss-reactive ketones (excluding diaryl/α,β-unsaturated/α-hetero) is 1. The van der Waals surface area contributed by atoms with Crippen molar-refractivity contribution in [2.75, 3.05) is 32.9 Å². The Kier molecular flexibility index (Phi) is 10.4. The quantitative estimate of drug-likeness (QED) is 0.186. The van der Waals surface area contributed by atoms with Crippen LogP contribution in [0.5, 0.6) is 11.5 Å². The molecule has 1 aromatic rings. The predicted octanol–water partition coefficient (Wildman–Crippen LogP) is 3.23. The Hall–Kier alpha value is -2.81. The van der Waals surface area contributed by atoms with E-state index in [0.29, 0.717) is 19.5 Å². The summed E-state index contributed by atoms with van der Waals surface area (Å²) in [6.07, 6.45) is 6.97. The Morgan fingerprint density at radius 1 is 1.03 bits per heavy atom. The maximum absolute atomic E-state index is 13.6. The number of hydrogen-bond donors (Lipinski definition) is 2. The van der Waals surface area contributed by atoms with E-state index in [1.165, 1.54) is 18.2 Å². The number of carbonyl (C=O) groups is 2. The lowest BCUT2D eigenvalue weighted by molar-refractivity contribution is 0.0545. The smallest absolute Gasteiger partial charge is 0.339 e. The van der Waals surface area contributed by atoms with E-state index in [1.54, 1.807) is 18.2 Å². The first kappa shape index (κ1) is 26.4. The molecule has 1 aromatic carbocycles. The molecule has 1 fully saturated rings. The number of benzene rings is 1. The van der Waals surface area contributed by atoms with Gasteiger partial charge in [-0.2, -0.15) is 12.6 Å². The van der Waals surface area contributed by atoms with E-state index in [1.807, 2.05) is 0 Å². The number of rotatable bonds is 14. The lowest BCUT2D eigenvalue weighted by Crippen LogP contribution is -2.49. The molecule has 8 heteroatoms. The summed E-state index contributed by atoms with van der Waals surface area (Å²) in [6, 6.07) is 1.77. The zero-order valence-corrected chi connectivity index (χ0v) is 19.7. The van der Waals surface area contributed by atoms with Gasteiger partial charge in [0.15, 0.2) is 17.3 Å². The molecule has 0 amide bonds. The molecule has 0 spiro atoms. The number of thiol groups is 1. The number of carbonyl (C=O) groups excluding carboxylic acids is 2. The van der Waals surface area contributed by atoms with Crippen LogP contribution in [0, 0.1) is 0 Å². The van der Waals surface area contributed by atoms with Crippen molar-refractivity contribution in [1.82, 2.24) is 4.90 Å². The molecule has 178 valence electrons. The van der Waals surface area contributed by atoms with Crippen LogP contribution in [0.4, 0.5) is 0 Å². The van der Waals surface area contributed by atoms with Crippen molar-refractivity contribution in [2.45, 2.75) is 23.8 Å². The third kappa shape index (κ3) is 6.83. The van der Waals surface area contributed by atoms with Gasteiger partial charge in [-0.1, -0.05) is 44.0 Å². The fourth-order valence-corrected chi connectivity index (χ4v) is 4.11. The third-order valence-electron chi connectivity index (χ3n) is 5.12. The van der Waals surface area contributed by atoms with Crippen LogP contribution in [0.3, 0.4) is 0 Å². The zero-order chi connectivity index (χ0) is 24.4. The molecule has 1 heterocycles. The highest BCUT2D eigenvalue weighted by molar-refractivity contribution is 7.81. The molecule has 0 aliphatic carbocycles. The van der Waals surface area contributed by atoms with Crippen molar-refractivity contribution >= 4 is 24.4 Å². The van der Waals surface area contributed by atoms with Gasteiger partial charge in [-0.25, -0.2) is 4.79 Å². The van der Waals surface area contributed by atoms with Crippen LogP contribution >= 0.6 is 12.6 Å². The minimum absolute atomic E-state index is 0.00679. The second kappa shape index (κ2) is 13.0. The van der Waals surface area contributed by atoms with Crippen molar-refractivity contribution < 1.29 is 23.8 Å². The summed E-state index contributed by atoms with van der Waals surface area (Å²) in [4.78, 5) is 28.5. The molecule has 1 saturated heterocycles. The second-order valence-electron chi connectivity index (χ2n) is 7.52. The molecule has 2 rings (SSSR count). The maximum Gasteiger partial charge on any atom is 0.339 e. The molecule has 33 heavy (non-hydrogen) atoms. The summed E-state index contributed by atoms with van der Waals surface area (Å²) in [5.74, 6) is -0.530. The molecular weight excluding hydrogens is 440 g/mol. The van der Waals surface area contributed by atoms with Crippen molar-refractivity contribution in [2.24, 2.45) is 5.73 Å². The molecule has 1 aliphatic heterocycles. The number of likely N-dealkylation sites (tertiary alicyclic amines) is 1. The van der Waals surface area contributed by atoms with E-state index in [-0.39, 0.29) is 53.7 Å². The van der Waals surface area contributed by atoms with Gasteiger partial charge in [0, 0.05) is 29.9 Å². The zero-order valence-electron chi connectivity index (χ0n) is 18.8. The van der Waals surface area contributed by atoms with Crippen LogP contribution in [0.15, 0.2) is 62.8 Å². The summed E-state index contributed by atoms with van der Waals surface area (Å²) in [5, 5.41) is 0.0898. The van der Waals surface area contributed by atoms with Gasteiger partial charge in [0.1, 0.15) is 19.8 Å². The van der Waals surface area contributed by atoms with E-state index >= 15 is 0 Å². The minimum atomic E-state index is -0.889. The number of ether oxygens (including phenoxy) is 3. The molecule has 1 aliphatic rings. The Bertz CT molecular complexity index is 901. The number of nitrogens with zero attached hydrogens (tertiary/aromatic N) is 1. The highest BCUT2D eigenvalue weighted by Gasteiger charge is 2.38. The lowest BCUT2D eigenvalue weighted by Gasteiger charge is -2.28. The van der Waals surface area contributed by atoms with Crippen molar-refractivity contribution in [3.05, 3.63) is 73.9 Å². The molecule has 3 atom stereocenters. The Morgan fingerprint density at radius 3 is 2.15 bits per heavy atom. The van der Waals surface area contributed by atoms with Gasteiger partial charge in [0.25, 0.3) is 0 Å². The number of hydrogen-bond acceptors (Lipinski definition) is 8. The number of nitrogens with two attached hydrogens (primary N) is 1. The minimum Gasteiger partial charge on any atom is -0.486 e. The number of ketones is 1. The fraction of sp³-hybridized carbons (Fsp3) is 0.360. The summed E-state index contributed by atoms with van der Waals surface area (Å²) in [6.45, 7) is 16.2. The van der Waals surface area contributed by atoms with Gasteiger partial charge in [-0.3, -0.25) is 9.69 Å². The fourth-order valence-electron chi connectivity index (χ4n) is 3.68. The van der Waals surface area contributed by atoms with Gasteiger partial charge in [0.05, 0.1) is 11.6 Å². The summed E-state index contributed by atoms with van der Waals surface area (Å²) in [7, 11) is 0. The summed E-state index contributed by atoms with van der Waals surface area (Å²) >= 11 is 4.57. The second-order valence-corrected chi connectivity index (χ2v) is 8.25. The van der Waals surface area contributed by atoms with Crippen LogP contribution < -0.4 is 15.2 Å². The summed E-state index contributed by atoms with van der Waals surface area (Å²) < 4.78 is 16.6. The molecule has 7 nitrogen and oxygen atoms in total. The monoisotopic (exact) mass is 472 g/mol. The third-order valence-corrected chi connectivity index (χ3v) is 5.50. The molecule has 0 saturated carbocycles. The first-order valence-electron chi connectivity index (χ1n) is 10.6. The average Bonchev–Trinajstić information content (AvgIpc) is 3.18. The summed E-state index contributed by atoms with van der Waals surface area (Å²) in [5.41, 5.74) is 6.59. The van der Waals surface area contributed by atoms with E-state index in [2.05, 4.69) is 43.8 Å². The van der Waals surface area contributed by atoms with Crippen LogP contribution in [-0.2, 0) is 4.74 Å². The van der Waals surface area contributed by atoms with E-state index < -0.39 is 17.8 Å². The molecular formula is C25H32N2O5S. The molecule has 0 bridgehead atoms. The van der Waals surface area contributed by atoms with Crippen molar-refractivity contribution in [3.63, 3.8) is 0 Å². The largest absolute Gasteiger partial charge is 0.486 e. The SMILES string of the molecule is C=CCOC(=O)c1cc(OCC=C)c(OCC=C)cc1C(=O)C(N)C1CC(S)CN1CC=C. The van der Waals surface area contributed by atoms with Gasteiger partial charge >= 0.3 is 5.97 Å². The van der Waals surface area contributed by atoms with Gasteiger partial charge in [-0.15, -0.1) is 6.58 Å². The van der Waals surface area contributed by atoms with Gasteiger partial charge < -0.3 is 19.9 Å². The van der Waals surface area contributed by atoms with E-state index in [0.717, 1.165) is 0 Å². The Morgan fingerprint density at radius 2 is 1.61 bits per heavy atom. The Balaban J connectivity index is 2.51. The lowest BCUT2D eigenvalue weighted by atomic mass is 9.93. The van der Waals surface area contributed by atoms with E-state index in [4.69, 9.17) is 19.9 Å². The van der Waals surface area contributed by atoms with Crippen molar-refractivity contribution in [1.29, 1.82) is 0 Å². The van der Waals surface area contributed by atoms with Crippen LogP contribution in [0.25, 0.3) is 0 Å². The van der Waals surface area contributed by atoms with Crippen molar-refractivity contribution in [3.8, 4) is 11.5 Å². The molecule has 2 N–H and O–H groups in total. The van der Waals surface area contributed by atoms with E-state index in [9.17, 15) is 9.59 Å². The average molecular weight is 473 g/mol. The highest BCUT2D eigenvalue weighted by atomic mass is 32.1. The van der Waals surface area contributed by atoms with Crippen LogP contribution in [-0.4, -0.2) is 66.9 Å². The predicted molar refractivity (Wildman–Crippen MR) is 134 cm³/mol. The topological polar surface area (TPSA) is 91.1 Å².